The molecule has 48 heavy (non-hydrogen) atoms. The van der Waals surface area contributed by atoms with Gasteiger partial charge in [-0.25, -0.2) is 0 Å². The van der Waals surface area contributed by atoms with Crippen LogP contribution < -0.4 is 0 Å². The first kappa shape index (κ1) is 41.3. The van der Waals surface area contributed by atoms with Crippen molar-refractivity contribution in [3.63, 3.8) is 0 Å². The molecule has 0 aliphatic carbocycles. The van der Waals surface area contributed by atoms with Crippen LogP contribution in [0.25, 0.3) is 0 Å². The van der Waals surface area contributed by atoms with Gasteiger partial charge in [-0.15, -0.1) is 0 Å². The molecular formula is C42H66O6. The molecule has 0 unspecified atom stereocenters. The van der Waals surface area contributed by atoms with Crippen LogP contribution in [0.5, 0.6) is 11.5 Å². The van der Waals surface area contributed by atoms with Crippen molar-refractivity contribution in [3.05, 3.63) is 57.6 Å². The largest absolute Gasteiger partial charge is 0.507 e. The first-order valence-electron chi connectivity index (χ1n) is 17.6. The molecule has 2 aromatic rings. The minimum absolute atomic E-state index is 0.00172. The molecule has 2 rings (SSSR count). The molecule has 0 radical (unpaired) electrons. The van der Waals surface area contributed by atoms with Gasteiger partial charge in [0.1, 0.15) is 22.7 Å². The summed E-state index contributed by atoms with van der Waals surface area (Å²) in [4.78, 5) is 26.3. The van der Waals surface area contributed by atoms with Gasteiger partial charge in [0.2, 0.25) is 0 Å². The van der Waals surface area contributed by atoms with Crippen LogP contribution in [0.3, 0.4) is 0 Å². The fraction of sp³-hybridized carbons (Fsp3) is 0.667. The predicted molar refractivity (Wildman–Crippen MR) is 197 cm³/mol. The van der Waals surface area contributed by atoms with E-state index >= 15 is 0 Å². The van der Waals surface area contributed by atoms with E-state index in [9.17, 15) is 19.8 Å². The first-order valence-corrected chi connectivity index (χ1v) is 17.6. The van der Waals surface area contributed by atoms with E-state index in [2.05, 4.69) is 83.1 Å². The van der Waals surface area contributed by atoms with Gasteiger partial charge in [-0.05, 0) is 95.6 Å². The third-order valence-corrected chi connectivity index (χ3v) is 9.06. The number of carbonyl (C=O) groups excluding carboxylic acids is 2. The van der Waals surface area contributed by atoms with E-state index in [-0.39, 0.29) is 46.4 Å². The minimum Gasteiger partial charge on any atom is -0.507 e. The highest BCUT2D eigenvalue weighted by atomic mass is 16.6. The number of hydrogen-bond donors (Lipinski definition) is 2. The molecule has 0 saturated heterocycles. The topological polar surface area (TPSA) is 93.1 Å². The second-order valence-corrected chi connectivity index (χ2v) is 18.8. The van der Waals surface area contributed by atoms with Crippen LogP contribution in [-0.4, -0.2) is 39.8 Å². The summed E-state index contributed by atoms with van der Waals surface area (Å²) in [6, 6.07) is 8.06. The number of rotatable bonds is 12. The van der Waals surface area contributed by atoms with E-state index in [0.29, 0.717) is 37.2 Å². The zero-order valence-corrected chi connectivity index (χ0v) is 33.1. The summed E-state index contributed by atoms with van der Waals surface area (Å²) in [7, 11) is 0. The van der Waals surface area contributed by atoms with E-state index in [0.717, 1.165) is 33.4 Å². The molecule has 0 fully saturated rings. The van der Waals surface area contributed by atoms with E-state index < -0.39 is 11.2 Å². The van der Waals surface area contributed by atoms with Gasteiger partial charge in [0.15, 0.2) is 5.78 Å². The maximum Gasteiger partial charge on any atom is 0.306 e. The molecule has 0 spiro atoms. The van der Waals surface area contributed by atoms with Crippen molar-refractivity contribution in [2.45, 2.75) is 176 Å². The number of Topliss-reactive ketones (excluding diaryl/α,β-unsaturated/α-hetero) is 1. The van der Waals surface area contributed by atoms with Crippen LogP contribution in [-0.2, 0) is 53.6 Å². The molecule has 6 heteroatoms. The lowest BCUT2D eigenvalue weighted by Gasteiger charge is -2.30. The highest BCUT2D eigenvalue weighted by molar-refractivity contribution is 5.86. The number of esters is 1. The fourth-order valence-corrected chi connectivity index (χ4v) is 5.81. The Kier molecular flexibility index (Phi) is 12.5. The fourth-order valence-electron chi connectivity index (χ4n) is 5.81. The molecule has 270 valence electrons. The Morgan fingerprint density at radius 2 is 0.896 bits per heavy atom. The van der Waals surface area contributed by atoms with Crippen molar-refractivity contribution in [3.8, 4) is 11.5 Å². The Morgan fingerprint density at radius 1 is 0.562 bits per heavy atom. The predicted octanol–water partition coefficient (Wildman–Crippen LogP) is 9.93. The van der Waals surface area contributed by atoms with Gasteiger partial charge >= 0.3 is 5.97 Å². The number of ether oxygens (including phenoxy) is 2. The monoisotopic (exact) mass is 666 g/mol. The highest BCUT2D eigenvalue weighted by Gasteiger charge is 2.32. The molecule has 0 saturated carbocycles. The molecule has 2 N–H and O–H groups in total. The first-order chi connectivity index (χ1) is 21.5. The van der Waals surface area contributed by atoms with Crippen LogP contribution in [0, 0.1) is 0 Å². The van der Waals surface area contributed by atoms with Crippen LogP contribution in [0.15, 0.2) is 24.3 Å². The summed E-state index contributed by atoms with van der Waals surface area (Å²) < 4.78 is 12.0. The highest BCUT2D eigenvalue weighted by Crippen LogP contribution is 2.41. The summed E-state index contributed by atoms with van der Waals surface area (Å²) >= 11 is 0. The number of ketones is 1. The quantitative estimate of drug-likeness (QED) is 0.219. The summed E-state index contributed by atoms with van der Waals surface area (Å²) in [5, 5.41) is 22.1. The SMILES string of the molecule is CC(C)(CCOC(C)(C)C(=O)CCc1cc(C(C)(C)C)c(O)c(C(C)(C)C)c1)OC(=O)CCc1cc(C(C)(C)C)c(O)c(C(C)(C)C)c1. The Hall–Kier alpha value is -2.86. The number of aromatic hydroxyl groups is 2. The normalized spacial score (nSPS) is 13.5. The third kappa shape index (κ3) is 11.4. The third-order valence-electron chi connectivity index (χ3n) is 9.06. The van der Waals surface area contributed by atoms with E-state index in [4.69, 9.17) is 9.47 Å². The van der Waals surface area contributed by atoms with Crippen molar-refractivity contribution in [2.24, 2.45) is 0 Å². The zero-order chi connectivity index (χ0) is 37.3. The van der Waals surface area contributed by atoms with Crippen molar-refractivity contribution in [1.82, 2.24) is 0 Å². The van der Waals surface area contributed by atoms with Gasteiger partial charge in [0.25, 0.3) is 0 Å². The number of aryl methyl sites for hydroxylation is 2. The molecule has 0 atom stereocenters. The molecule has 0 bridgehead atoms. The molecular weight excluding hydrogens is 600 g/mol. The van der Waals surface area contributed by atoms with Crippen LogP contribution in [0.1, 0.15) is 163 Å². The molecule has 0 heterocycles. The van der Waals surface area contributed by atoms with Gasteiger partial charge in [-0.2, -0.15) is 0 Å². The van der Waals surface area contributed by atoms with Gasteiger partial charge in [0, 0.05) is 19.3 Å². The summed E-state index contributed by atoms with van der Waals surface area (Å²) in [6.07, 6.45) is 2.04. The van der Waals surface area contributed by atoms with Gasteiger partial charge in [0.05, 0.1) is 6.61 Å². The van der Waals surface area contributed by atoms with Crippen LogP contribution in [0.2, 0.25) is 0 Å². The summed E-state index contributed by atoms with van der Waals surface area (Å²) in [5.74, 6) is 0.365. The number of phenols is 2. The number of phenolic OH excluding ortho intramolecular Hbond substituents is 2. The van der Waals surface area contributed by atoms with E-state index in [1.807, 2.05) is 38.1 Å². The maximum absolute atomic E-state index is 13.3. The standard InChI is InChI=1S/C42H66O6/c1-37(2,3)29-23-27(24-30(35(29)45)38(4,5)6)17-19-33(43)42(15,16)47-22-21-41(13,14)48-34(44)20-18-28-25-31(39(7,8)9)36(46)32(26-28)40(10,11)12/h23-26,45-46H,17-22H2,1-16H3. The Bertz CT molecular complexity index is 1380. The smallest absolute Gasteiger partial charge is 0.306 e. The summed E-state index contributed by atoms with van der Waals surface area (Å²) in [6.45, 7) is 32.5. The van der Waals surface area contributed by atoms with Gasteiger partial charge < -0.3 is 19.7 Å². The van der Waals surface area contributed by atoms with Crippen molar-refractivity contribution < 1.29 is 29.3 Å². The van der Waals surface area contributed by atoms with E-state index in [1.165, 1.54) is 0 Å². The number of carbonyl (C=O) groups is 2. The molecule has 0 aliphatic heterocycles. The number of benzene rings is 2. The van der Waals surface area contributed by atoms with Gasteiger partial charge in [-0.1, -0.05) is 107 Å². The molecule has 0 amide bonds. The Morgan fingerprint density at radius 3 is 1.23 bits per heavy atom. The minimum atomic E-state index is -0.995. The van der Waals surface area contributed by atoms with Crippen molar-refractivity contribution >= 4 is 11.8 Å². The molecule has 2 aromatic carbocycles. The Labute approximate surface area is 292 Å². The molecule has 0 aliphatic rings. The average Bonchev–Trinajstić information content (AvgIpc) is 2.88. The van der Waals surface area contributed by atoms with E-state index in [1.54, 1.807) is 13.8 Å². The van der Waals surface area contributed by atoms with Crippen LogP contribution >= 0.6 is 0 Å². The lowest BCUT2D eigenvalue weighted by Crippen LogP contribution is -2.38. The number of hydrogen-bond acceptors (Lipinski definition) is 6. The van der Waals surface area contributed by atoms with Crippen LogP contribution in [0.4, 0.5) is 0 Å². The second-order valence-electron chi connectivity index (χ2n) is 18.8. The second kappa shape index (κ2) is 14.5. The average molecular weight is 667 g/mol. The molecule has 6 nitrogen and oxygen atoms in total. The lowest BCUT2D eigenvalue weighted by atomic mass is 9.78. The zero-order valence-electron chi connectivity index (χ0n) is 33.1. The van der Waals surface area contributed by atoms with Gasteiger partial charge in [-0.3, -0.25) is 9.59 Å². The van der Waals surface area contributed by atoms with Crippen molar-refractivity contribution in [1.29, 1.82) is 0 Å². The lowest BCUT2D eigenvalue weighted by molar-refractivity contribution is -0.160. The Balaban J connectivity index is 2.01. The molecule has 0 aromatic heterocycles. The summed E-state index contributed by atoms with van der Waals surface area (Å²) in [5.41, 5.74) is 2.83. The van der Waals surface area contributed by atoms with Crippen molar-refractivity contribution in [2.75, 3.05) is 6.61 Å². The maximum atomic E-state index is 13.3.